The van der Waals surface area contributed by atoms with E-state index in [0.717, 1.165) is 29.7 Å². The SMILES string of the molecule is O=C(Nc1ccc(N2C(=O)Cc3ccc(C(F)(F)F)cc3C2=O)nc1)NS(=O)(=O)c1ccc(Cl)s1. The second kappa shape index (κ2) is 8.94. The number of benzene rings is 1. The molecular formula is C20H12ClF3N4O5S2. The molecule has 15 heteroatoms. The zero-order valence-corrected chi connectivity index (χ0v) is 19.5. The number of rotatable bonds is 4. The van der Waals surface area contributed by atoms with Crippen LogP contribution in [-0.4, -0.2) is 31.2 Å². The summed E-state index contributed by atoms with van der Waals surface area (Å²) >= 11 is 6.45. The first-order valence-corrected chi connectivity index (χ1v) is 12.2. The number of nitrogens with one attached hydrogen (secondary N) is 2. The number of halogens is 4. The first-order chi connectivity index (χ1) is 16.3. The average molecular weight is 545 g/mol. The number of nitrogens with zero attached hydrogens (tertiary/aromatic N) is 2. The van der Waals surface area contributed by atoms with Crippen molar-refractivity contribution in [3.05, 3.63) is 69.7 Å². The molecule has 0 spiro atoms. The van der Waals surface area contributed by atoms with Gasteiger partial charge in [-0.05, 0) is 42.0 Å². The van der Waals surface area contributed by atoms with E-state index in [1.807, 2.05) is 0 Å². The molecule has 3 aromatic rings. The molecule has 0 radical (unpaired) electrons. The minimum Gasteiger partial charge on any atom is -0.306 e. The van der Waals surface area contributed by atoms with Gasteiger partial charge in [0.2, 0.25) is 5.91 Å². The summed E-state index contributed by atoms with van der Waals surface area (Å²) in [6.07, 6.45) is -3.93. The van der Waals surface area contributed by atoms with Crippen molar-refractivity contribution in [1.29, 1.82) is 0 Å². The maximum Gasteiger partial charge on any atom is 0.416 e. The fourth-order valence-electron chi connectivity index (χ4n) is 3.18. The second-order valence-corrected chi connectivity index (χ2v) is 10.7. The van der Waals surface area contributed by atoms with Crippen LogP contribution in [0.3, 0.4) is 0 Å². The highest BCUT2D eigenvalue weighted by Gasteiger charge is 2.37. The van der Waals surface area contributed by atoms with Crippen LogP contribution in [0.2, 0.25) is 4.34 Å². The number of sulfonamides is 1. The van der Waals surface area contributed by atoms with Gasteiger partial charge >= 0.3 is 12.2 Å². The summed E-state index contributed by atoms with van der Waals surface area (Å²) in [4.78, 5) is 41.9. The molecule has 0 atom stereocenters. The summed E-state index contributed by atoms with van der Waals surface area (Å²) in [5, 5.41) is 2.23. The normalized spacial score (nSPS) is 14.0. The Morgan fingerprint density at radius 2 is 1.86 bits per heavy atom. The highest BCUT2D eigenvalue weighted by molar-refractivity contribution is 7.92. The van der Waals surface area contributed by atoms with E-state index < -0.39 is 39.6 Å². The maximum atomic E-state index is 13.0. The van der Waals surface area contributed by atoms with Gasteiger partial charge in [0, 0.05) is 5.56 Å². The summed E-state index contributed by atoms with van der Waals surface area (Å²) < 4.78 is 65.3. The molecule has 1 aromatic carbocycles. The molecule has 4 rings (SSSR count). The predicted molar refractivity (Wildman–Crippen MR) is 120 cm³/mol. The zero-order chi connectivity index (χ0) is 25.5. The fourth-order valence-corrected chi connectivity index (χ4v) is 5.57. The highest BCUT2D eigenvalue weighted by atomic mass is 35.5. The topological polar surface area (TPSA) is 126 Å². The van der Waals surface area contributed by atoms with Crippen LogP contribution in [0.25, 0.3) is 0 Å². The molecule has 0 aliphatic carbocycles. The molecule has 2 aromatic heterocycles. The third-order valence-corrected chi connectivity index (χ3v) is 7.79. The van der Waals surface area contributed by atoms with Crippen molar-refractivity contribution in [3.63, 3.8) is 0 Å². The van der Waals surface area contributed by atoms with Gasteiger partial charge in [-0.1, -0.05) is 17.7 Å². The third-order valence-electron chi connectivity index (χ3n) is 4.74. The molecule has 9 nitrogen and oxygen atoms in total. The monoisotopic (exact) mass is 544 g/mol. The minimum absolute atomic E-state index is 0.0160. The van der Waals surface area contributed by atoms with Crippen LogP contribution in [0, 0.1) is 0 Å². The quantitative estimate of drug-likeness (QED) is 0.477. The number of fused-ring (bicyclic) bond motifs is 1. The van der Waals surface area contributed by atoms with Gasteiger partial charge in [-0.25, -0.2) is 27.8 Å². The molecule has 0 saturated heterocycles. The number of aromatic nitrogens is 1. The van der Waals surface area contributed by atoms with Gasteiger partial charge in [-0.2, -0.15) is 13.2 Å². The second-order valence-electron chi connectivity index (χ2n) is 7.10. The van der Waals surface area contributed by atoms with Gasteiger partial charge in [-0.15, -0.1) is 11.3 Å². The van der Waals surface area contributed by atoms with E-state index >= 15 is 0 Å². The summed E-state index contributed by atoms with van der Waals surface area (Å²) in [5.41, 5.74) is -1.13. The Kier molecular flexibility index (Phi) is 6.29. The third kappa shape index (κ3) is 5.13. The van der Waals surface area contributed by atoms with Gasteiger partial charge in [0.05, 0.1) is 28.2 Å². The molecular weight excluding hydrogens is 533 g/mol. The van der Waals surface area contributed by atoms with Crippen LogP contribution in [-0.2, 0) is 27.4 Å². The fraction of sp³-hybridized carbons (Fsp3) is 0.100. The van der Waals surface area contributed by atoms with E-state index in [-0.39, 0.29) is 37.6 Å². The Hall–Kier alpha value is -3.49. The lowest BCUT2D eigenvalue weighted by Gasteiger charge is -2.26. The number of amides is 4. The molecule has 0 unspecified atom stereocenters. The number of imide groups is 1. The summed E-state index contributed by atoms with van der Waals surface area (Å²) in [7, 11) is -4.17. The molecule has 1 aliphatic heterocycles. The van der Waals surface area contributed by atoms with E-state index in [9.17, 15) is 36.0 Å². The summed E-state index contributed by atoms with van der Waals surface area (Å²) in [6.45, 7) is 0. The van der Waals surface area contributed by atoms with Gasteiger partial charge in [0.25, 0.3) is 15.9 Å². The molecule has 2 N–H and O–H groups in total. The first-order valence-electron chi connectivity index (χ1n) is 9.48. The van der Waals surface area contributed by atoms with Gasteiger partial charge in [0.15, 0.2) is 0 Å². The smallest absolute Gasteiger partial charge is 0.306 e. The Bertz CT molecular complexity index is 1460. The van der Waals surface area contributed by atoms with Crippen LogP contribution in [0.1, 0.15) is 21.5 Å². The number of hydrogen-bond acceptors (Lipinski definition) is 7. The van der Waals surface area contributed by atoms with Gasteiger partial charge in [-0.3, -0.25) is 9.59 Å². The number of pyridine rings is 1. The molecule has 3 heterocycles. The van der Waals surface area contributed by atoms with Crippen LogP contribution in [0.4, 0.5) is 29.5 Å². The van der Waals surface area contributed by atoms with Crippen LogP contribution in [0.15, 0.2) is 52.9 Å². The molecule has 0 bridgehead atoms. The van der Waals surface area contributed by atoms with Crippen LogP contribution < -0.4 is 14.9 Å². The zero-order valence-electron chi connectivity index (χ0n) is 17.1. The minimum atomic E-state index is -4.67. The number of hydrogen-bond donors (Lipinski definition) is 2. The van der Waals surface area contributed by atoms with Crippen molar-refractivity contribution in [2.45, 2.75) is 16.8 Å². The lowest BCUT2D eigenvalue weighted by molar-refractivity contribution is -0.137. The Labute approximate surface area is 204 Å². The first kappa shape index (κ1) is 24.6. The lowest BCUT2D eigenvalue weighted by atomic mass is 9.96. The number of anilines is 2. The predicted octanol–water partition coefficient (Wildman–Crippen LogP) is 4.06. The Morgan fingerprint density at radius 1 is 1.11 bits per heavy atom. The van der Waals surface area contributed by atoms with E-state index in [1.54, 1.807) is 4.72 Å². The number of thiophene rings is 1. The largest absolute Gasteiger partial charge is 0.416 e. The number of alkyl halides is 3. The van der Waals surface area contributed by atoms with Gasteiger partial charge < -0.3 is 5.32 Å². The van der Waals surface area contributed by atoms with E-state index in [1.165, 1.54) is 24.3 Å². The Balaban J connectivity index is 1.50. The van der Waals surface area contributed by atoms with Crippen molar-refractivity contribution in [1.82, 2.24) is 9.71 Å². The summed E-state index contributed by atoms with van der Waals surface area (Å²) in [5.74, 6) is -1.86. The van der Waals surface area contributed by atoms with Crippen molar-refractivity contribution in [2.24, 2.45) is 0 Å². The van der Waals surface area contributed by atoms with Crippen molar-refractivity contribution < 1.29 is 36.0 Å². The molecule has 182 valence electrons. The maximum absolute atomic E-state index is 13.0. The van der Waals surface area contributed by atoms with E-state index in [4.69, 9.17) is 11.6 Å². The van der Waals surface area contributed by atoms with Gasteiger partial charge in [0.1, 0.15) is 10.0 Å². The van der Waals surface area contributed by atoms with Crippen LogP contribution in [0.5, 0.6) is 0 Å². The molecule has 0 saturated carbocycles. The number of carbonyl (C=O) groups is 3. The van der Waals surface area contributed by atoms with Crippen molar-refractivity contribution in [2.75, 3.05) is 10.2 Å². The van der Waals surface area contributed by atoms with E-state index in [0.29, 0.717) is 11.0 Å². The molecule has 4 amide bonds. The Morgan fingerprint density at radius 3 is 2.46 bits per heavy atom. The number of urea groups is 1. The lowest BCUT2D eigenvalue weighted by Crippen LogP contribution is -2.43. The summed E-state index contributed by atoms with van der Waals surface area (Å²) in [6, 6.07) is 6.44. The molecule has 1 aliphatic rings. The van der Waals surface area contributed by atoms with E-state index in [2.05, 4.69) is 10.3 Å². The standard InChI is InChI=1S/C20H12ClF3N4O5S2/c21-14-4-6-17(34-14)35(32,33)27-19(31)26-12-3-5-15(25-9-12)28-16(29)7-10-1-2-11(20(22,23)24)8-13(10)18(28)30/h1-6,8-9H,7H2,(H2,26,27,31). The molecule has 35 heavy (non-hydrogen) atoms. The highest BCUT2D eigenvalue weighted by Crippen LogP contribution is 2.33. The molecule has 0 fully saturated rings. The van der Waals surface area contributed by atoms with Crippen molar-refractivity contribution >= 4 is 62.3 Å². The van der Waals surface area contributed by atoms with Crippen molar-refractivity contribution in [3.8, 4) is 0 Å². The average Bonchev–Trinajstić information content (AvgIpc) is 3.21. The van der Waals surface area contributed by atoms with Crippen LogP contribution >= 0.6 is 22.9 Å². The number of carbonyl (C=O) groups excluding carboxylic acids is 3.